The summed E-state index contributed by atoms with van der Waals surface area (Å²) in [6, 6.07) is 6.57. The Morgan fingerprint density at radius 3 is 2.90 bits per heavy atom. The summed E-state index contributed by atoms with van der Waals surface area (Å²) < 4.78 is 22.9. The van der Waals surface area contributed by atoms with Crippen LogP contribution in [0.25, 0.3) is 0 Å². The van der Waals surface area contributed by atoms with Crippen molar-refractivity contribution in [1.29, 1.82) is 0 Å². The molecule has 0 aliphatic heterocycles. The van der Waals surface area contributed by atoms with Crippen LogP contribution in [0.15, 0.2) is 46.7 Å². The second-order valence-corrected chi connectivity index (χ2v) is 5.57. The van der Waals surface area contributed by atoms with Crippen LogP contribution in [0.3, 0.4) is 0 Å². The van der Waals surface area contributed by atoms with E-state index in [9.17, 15) is 4.57 Å². The van der Waals surface area contributed by atoms with Gasteiger partial charge in [-0.15, -0.1) is 9.55 Å². The Kier molecular flexibility index (Phi) is 4.49. The molecule has 0 fully saturated rings. The molecule has 0 saturated carbocycles. The second kappa shape index (κ2) is 6.31. The van der Waals surface area contributed by atoms with Crippen molar-refractivity contribution >= 4 is 31.9 Å². The first kappa shape index (κ1) is 14.2. The third-order valence-corrected chi connectivity index (χ3v) is 3.94. The van der Waals surface area contributed by atoms with Crippen molar-refractivity contribution in [2.45, 2.75) is 0 Å². The molecule has 0 radical (unpaired) electrons. The number of hydrogen-bond acceptors (Lipinski definition) is 4. The first-order valence-corrected chi connectivity index (χ1v) is 7.23. The fraction of sp³-hybridized carbons (Fsp3) is 0. The Morgan fingerprint density at radius 1 is 1.45 bits per heavy atom. The summed E-state index contributed by atoms with van der Waals surface area (Å²) in [5, 5.41) is 4.07. The molecule has 1 aromatic carbocycles. The normalized spacial score (nSPS) is 14.7. The molecule has 0 saturated heterocycles. The third-order valence-electron chi connectivity index (χ3n) is 2.07. The predicted molar refractivity (Wildman–Crippen MR) is 76.3 cm³/mol. The largest absolute Gasteiger partial charge is 0.490 e. The van der Waals surface area contributed by atoms with Crippen molar-refractivity contribution in [1.82, 2.24) is 14.5 Å². The summed E-state index contributed by atoms with van der Waals surface area (Å²) in [6.07, 6.45) is 4.45. The molecule has 0 aliphatic carbocycles. The number of aromatic nitrogens is 3. The molecule has 2 N–H and O–H groups in total. The molecule has 20 heavy (non-hydrogen) atoms. The van der Waals surface area contributed by atoms with E-state index in [2.05, 4.69) is 19.8 Å². The van der Waals surface area contributed by atoms with Crippen LogP contribution in [0.1, 0.15) is 0 Å². The van der Waals surface area contributed by atoms with Crippen LogP contribution in [0.4, 0.5) is 0 Å². The van der Waals surface area contributed by atoms with Crippen molar-refractivity contribution < 1.29 is 9.09 Å². The number of para-hydroxylation sites is 1. The van der Waals surface area contributed by atoms with Gasteiger partial charge in [-0.05, 0) is 12.1 Å². The molecule has 8 nitrogen and oxygen atoms in total. The minimum Gasteiger partial charge on any atom is -0.410 e. The first-order chi connectivity index (χ1) is 9.65. The Balaban J connectivity index is 2.38. The average Bonchev–Trinajstić information content (AvgIpc) is 2.96. The van der Waals surface area contributed by atoms with E-state index in [4.69, 9.17) is 21.9 Å². The molecular formula is C10H10ClN6O2P. The van der Waals surface area contributed by atoms with Gasteiger partial charge in [-0.25, -0.2) is 14.5 Å². The molecule has 2 rings (SSSR count). The number of rotatable bonds is 5. The number of halogens is 1. The van der Waals surface area contributed by atoms with Crippen molar-refractivity contribution in [3.05, 3.63) is 41.9 Å². The van der Waals surface area contributed by atoms with Gasteiger partial charge in [0, 0.05) is 0 Å². The number of aliphatic imine (C=N–C) groups is 1. The lowest BCUT2D eigenvalue weighted by Crippen LogP contribution is -2.03. The highest BCUT2D eigenvalue weighted by atomic mass is 35.5. The highest BCUT2D eigenvalue weighted by molar-refractivity contribution is 7.56. The van der Waals surface area contributed by atoms with E-state index >= 15 is 0 Å². The number of hydrogen-bond donors (Lipinski definition) is 1. The number of benzene rings is 1. The molecular weight excluding hydrogens is 303 g/mol. The van der Waals surface area contributed by atoms with Gasteiger partial charge >= 0.3 is 7.67 Å². The van der Waals surface area contributed by atoms with Gasteiger partial charge in [0.25, 0.3) is 0 Å². The molecule has 0 spiro atoms. The monoisotopic (exact) mass is 312 g/mol. The highest BCUT2D eigenvalue weighted by Crippen LogP contribution is 2.50. The van der Waals surface area contributed by atoms with E-state index in [-0.39, 0.29) is 5.75 Å². The maximum atomic E-state index is 12.7. The van der Waals surface area contributed by atoms with Gasteiger partial charge in [0.05, 0.1) is 11.4 Å². The van der Waals surface area contributed by atoms with Crippen molar-refractivity contribution in [3.63, 3.8) is 0 Å². The SMILES string of the molecule is NC=NC=NP(=O)(Oc1ccccc1Cl)n1cncn1. The molecule has 10 heteroatoms. The van der Waals surface area contributed by atoms with Crippen molar-refractivity contribution in [2.24, 2.45) is 15.5 Å². The summed E-state index contributed by atoms with van der Waals surface area (Å²) in [6.45, 7) is 0. The van der Waals surface area contributed by atoms with Gasteiger partial charge in [0.2, 0.25) is 0 Å². The van der Waals surface area contributed by atoms with E-state index in [1.54, 1.807) is 24.3 Å². The number of nitrogens with zero attached hydrogens (tertiary/aromatic N) is 5. The molecule has 1 heterocycles. The van der Waals surface area contributed by atoms with E-state index in [1.807, 2.05) is 0 Å². The van der Waals surface area contributed by atoms with Crippen LogP contribution >= 0.6 is 19.3 Å². The zero-order valence-electron chi connectivity index (χ0n) is 10.1. The molecule has 0 bridgehead atoms. The van der Waals surface area contributed by atoms with E-state index in [0.717, 1.165) is 17.1 Å². The summed E-state index contributed by atoms with van der Waals surface area (Å²) in [7, 11) is -3.74. The van der Waals surface area contributed by atoms with Gasteiger partial charge < -0.3 is 10.3 Å². The fourth-order valence-corrected chi connectivity index (χ4v) is 2.67. The number of nitrogens with two attached hydrogens (primary N) is 1. The third kappa shape index (κ3) is 3.23. The second-order valence-electron chi connectivity index (χ2n) is 3.36. The average molecular weight is 313 g/mol. The maximum Gasteiger partial charge on any atom is 0.490 e. The fourth-order valence-electron chi connectivity index (χ4n) is 1.23. The summed E-state index contributed by atoms with van der Waals surface area (Å²) in [4.78, 5) is 7.26. The molecule has 0 amide bonds. The van der Waals surface area contributed by atoms with Crippen LogP contribution in [0, 0.1) is 0 Å². The van der Waals surface area contributed by atoms with Crippen LogP contribution in [-0.4, -0.2) is 27.2 Å². The van der Waals surface area contributed by atoms with Gasteiger partial charge in [-0.2, -0.15) is 4.76 Å². The summed E-state index contributed by atoms with van der Waals surface area (Å²) in [5.74, 6) is 0.210. The van der Waals surface area contributed by atoms with Crippen molar-refractivity contribution in [3.8, 4) is 5.75 Å². The maximum absolute atomic E-state index is 12.7. The first-order valence-electron chi connectivity index (χ1n) is 5.33. The quantitative estimate of drug-likeness (QED) is 0.516. The highest BCUT2D eigenvalue weighted by Gasteiger charge is 2.28. The van der Waals surface area contributed by atoms with Crippen molar-refractivity contribution in [2.75, 3.05) is 0 Å². The van der Waals surface area contributed by atoms with Crippen LogP contribution in [-0.2, 0) is 4.57 Å². The Labute approximate surface area is 119 Å². The predicted octanol–water partition coefficient (Wildman–Crippen LogP) is 1.98. The lowest BCUT2D eigenvalue weighted by molar-refractivity contribution is 0.466. The van der Waals surface area contributed by atoms with Crippen LogP contribution < -0.4 is 10.3 Å². The smallest absolute Gasteiger partial charge is 0.410 e. The van der Waals surface area contributed by atoms with E-state index in [1.165, 1.54) is 12.7 Å². The Bertz CT molecular complexity index is 672. The lowest BCUT2D eigenvalue weighted by atomic mass is 10.3. The minimum atomic E-state index is -3.74. The van der Waals surface area contributed by atoms with Crippen LogP contribution in [0.2, 0.25) is 5.02 Å². The molecule has 104 valence electrons. The summed E-state index contributed by atoms with van der Waals surface area (Å²) in [5.41, 5.74) is 5.08. The van der Waals surface area contributed by atoms with E-state index in [0.29, 0.717) is 5.02 Å². The standard InChI is InChI=1S/C10H10ClN6O2P/c11-9-3-1-2-4-10(9)19-20(18,16-7-13-5-12)17-8-14-6-15-17/h1-8H,(H2,12,13,16,18). The molecule has 1 atom stereocenters. The molecule has 1 aromatic heterocycles. The Hall–Kier alpha value is -2.18. The molecule has 0 aliphatic rings. The molecule has 1 unspecified atom stereocenters. The molecule has 2 aromatic rings. The lowest BCUT2D eigenvalue weighted by Gasteiger charge is -2.14. The summed E-state index contributed by atoms with van der Waals surface area (Å²) >= 11 is 5.96. The zero-order chi connectivity index (χ0) is 14.4. The zero-order valence-corrected chi connectivity index (χ0v) is 11.7. The van der Waals surface area contributed by atoms with Gasteiger partial charge in [0.15, 0.2) is 0 Å². The van der Waals surface area contributed by atoms with Crippen LogP contribution in [0.5, 0.6) is 5.75 Å². The van der Waals surface area contributed by atoms with Gasteiger partial charge in [-0.3, -0.25) is 0 Å². The van der Waals surface area contributed by atoms with E-state index < -0.39 is 7.67 Å². The topological polar surface area (TPSA) is 108 Å². The minimum absolute atomic E-state index is 0.210. The Morgan fingerprint density at radius 2 is 2.25 bits per heavy atom. The van der Waals surface area contributed by atoms with Gasteiger partial charge in [-0.1, -0.05) is 23.7 Å². The van der Waals surface area contributed by atoms with Gasteiger partial charge in [0.1, 0.15) is 24.7 Å².